The summed E-state index contributed by atoms with van der Waals surface area (Å²) in [7, 11) is 1.54. The van der Waals surface area contributed by atoms with Crippen molar-refractivity contribution in [1.29, 1.82) is 0 Å². The van der Waals surface area contributed by atoms with Gasteiger partial charge in [-0.05, 0) is 36.1 Å². The van der Waals surface area contributed by atoms with Crippen LogP contribution in [0.15, 0.2) is 51.7 Å². The van der Waals surface area contributed by atoms with Gasteiger partial charge >= 0.3 is 0 Å². The number of benzene rings is 2. The molecule has 8 heteroatoms. The normalized spacial score (nSPS) is 15.6. The van der Waals surface area contributed by atoms with E-state index in [0.717, 1.165) is 10.6 Å². The summed E-state index contributed by atoms with van der Waals surface area (Å²) in [6.45, 7) is 6.06. The van der Waals surface area contributed by atoms with Gasteiger partial charge in [0.2, 0.25) is 10.9 Å². The van der Waals surface area contributed by atoms with E-state index in [1.807, 2.05) is 31.2 Å². The first-order chi connectivity index (χ1) is 15.4. The second-order valence-corrected chi connectivity index (χ2v) is 9.20. The third kappa shape index (κ3) is 3.10. The Balaban J connectivity index is 1.76. The molecule has 0 saturated carbocycles. The zero-order valence-electron chi connectivity index (χ0n) is 18.1. The minimum absolute atomic E-state index is 0.0292. The number of aromatic nitrogens is 2. The average Bonchev–Trinajstić information content (AvgIpc) is 3.34. The highest BCUT2D eigenvalue weighted by atomic mass is 32.1. The van der Waals surface area contributed by atoms with Crippen LogP contribution in [0, 0.1) is 6.92 Å². The van der Waals surface area contributed by atoms with Crippen molar-refractivity contribution < 1.29 is 13.9 Å². The summed E-state index contributed by atoms with van der Waals surface area (Å²) in [5.74, 6) is 0.536. The number of aryl methyl sites for hydroxylation is 1. The fourth-order valence-corrected chi connectivity index (χ4v) is 4.75. The molecule has 1 aliphatic heterocycles. The highest BCUT2D eigenvalue weighted by molar-refractivity contribution is 7.15. The Kier molecular flexibility index (Phi) is 4.82. The number of fused-ring (bicyclic) bond motifs is 2. The van der Waals surface area contributed by atoms with Crippen LogP contribution in [0.2, 0.25) is 0 Å². The molecule has 0 aliphatic carbocycles. The number of hydrogen-bond donors (Lipinski definition) is 0. The maximum atomic E-state index is 13.6. The zero-order valence-corrected chi connectivity index (χ0v) is 18.9. The highest BCUT2D eigenvalue weighted by Crippen LogP contribution is 2.42. The Hall–Kier alpha value is -3.52. The van der Waals surface area contributed by atoms with Crippen molar-refractivity contribution in [1.82, 2.24) is 10.2 Å². The Labute approximate surface area is 188 Å². The van der Waals surface area contributed by atoms with Crippen molar-refractivity contribution in [3.05, 3.63) is 80.1 Å². The summed E-state index contributed by atoms with van der Waals surface area (Å²) in [4.78, 5) is 28.6. The molecule has 0 spiro atoms. The summed E-state index contributed by atoms with van der Waals surface area (Å²) in [6.07, 6.45) is 0. The van der Waals surface area contributed by atoms with Crippen molar-refractivity contribution in [3.8, 4) is 5.75 Å². The van der Waals surface area contributed by atoms with E-state index in [2.05, 4.69) is 24.0 Å². The van der Waals surface area contributed by atoms with Crippen LogP contribution in [0.1, 0.15) is 58.1 Å². The number of amides is 1. The Morgan fingerprint density at radius 3 is 2.47 bits per heavy atom. The fraction of sp³-hybridized carbons (Fsp3) is 0.250. The number of ether oxygens (including phenoxy) is 1. The Bertz CT molecular complexity index is 1410. The molecular weight excluding hydrogens is 426 g/mol. The van der Waals surface area contributed by atoms with Gasteiger partial charge in [0, 0.05) is 6.07 Å². The molecule has 2 aromatic heterocycles. The van der Waals surface area contributed by atoms with Crippen LogP contribution in [0.3, 0.4) is 0 Å². The molecule has 0 fully saturated rings. The van der Waals surface area contributed by atoms with E-state index >= 15 is 0 Å². The molecule has 0 bridgehead atoms. The minimum atomic E-state index is -0.645. The summed E-state index contributed by atoms with van der Waals surface area (Å²) in [5.41, 5.74) is 2.38. The van der Waals surface area contributed by atoms with Crippen LogP contribution >= 0.6 is 11.3 Å². The monoisotopic (exact) mass is 447 g/mol. The molecule has 4 aromatic rings. The van der Waals surface area contributed by atoms with Crippen molar-refractivity contribution in [2.45, 2.75) is 32.7 Å². The van der Waals surface area contributed by atoms with Gasteiger partial charge in [-0.25, -0.2) is 0 Å². The largest absolute Gasteiger partial charge is 0.497 e. The lowest BCUT2D eigenvalue weighted by atomic mass is 9.95. The summed E-state index contributed by atoms with van der Waals surface area (Å²) < 4.78 is 11.2. The van der Waals surface area contributed by atoms with E-state index in [4.69, 9.17) is 9.15 Å². The number of hydrogen-bond acceptors (Lipinski definition) is 7. The van der Waals surface area contributed by atoms with Crippen molar-refractivity contribution in [2.24, 2.45) is 0 Å². The van der Waals surface area contributed by atoms with E-state index in [0.29, 0.717) is 33.3 Å². The van der Waals surface area contributed by atoms with Gasteiger partial charge in [0.25, 0.3) is 5.91 Å². The highest BCUT2D eigenvalue weighted by Gasteiger charge is 2.45. The van der Waals surface area contributed by atoms with Crippen molar-refractivity contribution in [3.63, 3.8) is 0 Å². The molecule has 2 aromatic carbocycles. The second kappa shape index (κ2) is 7.56. The summed E-state index contributed by atoms with van der Waals surface area (Å²) in [5, 5.41) is 9.82. The third-order valence-corrected chi connectivity index (χ3v) is 6.56. The van der Waals surface area contributed by atoms with Crippen LogP contribution in [0.25, 0.3) is 11.0 Å². The van der Waals surface area contributed by atoms with Crippen LogP contribution in [-0.4, -0.2) is 23.2 Å². The zero-order chi connectivity index (χ0) is 22.6. The maximum absolute atomic E-state index is 13.6. The number of carbonyl (C=O) groups is 1. The van der Waals surface area contributed by atoms with Gasteiger partial charge in [0.1, 0.15) is 16.3 Å². The summed E-state index contributed by atoms with van der Waals surface area (Å²) >= 11 is 1.30. The Morgan fingerprint density at radius 1 is 1.09 bits per heavy atom. The molecule has 32 heavy (non-hydrogen) atoms. The molecule has 162 valence electrons. The first-order valence-corrected chi connectivity index (χ1v) is 11.1. The summed E-state index contributed by atoms with van der Waals surface area (Å²) in [6, 6.07) is 12.3. The number of methoxy groups -OCH3 is 1. The van der Waals surface area contributed by atoms with E-state index in [1.54, 1.807) is 18.2 Å². The molecular formula is C24H21N3O4S. The van der Waals surface area contributed by atoms with Crippen LogP contribution in [0.5, 0.6) is 5.75 Å². The van der Waals surface area contributed by atoms with Crippen LogP contribution in [0.4, 0.5) is 5.13 Å². The van der Waals surface area contributed by atoms with E-state index in [9.17, 15) is 9.59 Å². The second-order valence-electron chi connectivity index (χ2n) is 8.04. The lowest BCUT2D eigenvalue weighted by Crippen LogP contribution is -2.29. The molecule has 0 N–H and O–H groups in total. The van der Waals surface area contributed by atoms with Crippen LogP contribution < -0.4 is 15.1 Å². The smallest absolute Gasteiger partial charge is 0.297 e. The van der Waals surface area contributed by atoms with Gasteiger partial charge in [0.15, 0.2) is 5.43 Å². The van der Waals surface area contributed by atoms with Crippen LogP contribution in [-0.2, 0) is 0 Å². The number of anilines is 1. The molecule has 1 atom stereocenters. The van der Waals surface area contributed by atoms with Crippen molar-refractivity contribution >= 4 is 33.3 Å². The number of nitrogens with zero attached hydrogens (tertiary/aromatic N) is 3. The first-order valence-electron chi connectivity index (χ1n) is 10.3. The topological polar surface area (TPSA) is 85.5 Å². The first kappa shape index (κ1) is 20.4. The van der Waals surface area contributed by atoms with Gasteiger partial charge in [-0.15, -0.1) is 10.2 Å². The predicted molar refractivity (Wildman–Crippen MR) is 123 cm³/mol. The SMILES string of the molecule is COc1ccc2c(=O)c3c(oc2c1)C(=O)N(c1nnc(C)s1)[C@@H]3c1ccc(C(C)C)cc1. The van der Waals surface area contributed by atoms with E-state index in [-0.39, 0.29) is 11.2 Å². The van der Waals surface area contributed by atoms with Crippen molar-refractivity contribution in [2.75, 3.05) is 12.0 Å². The molecule has 1 aliphatic rings. The molecule has 0 unspecified atom stereocenters. The van der Waals surface area contributed by atoms with Gasteiger partial charge in [-0.2, -0.15) is 0 Å². The third-order valence-electron chi connectivity index (χ3n) is 5.72. The predicted octanol–water partition coefficient (Wildman–Crippen LogP) is 4.83. The molecule has 0 saturated heterocycles. The lowest BCUT2D eigenvalue weighted by molar-refractivity contribution is 0.0970. The maximum Gasteiger partial charge on any atom is 0.297 e. The Morgan fingerprint density at radius 2 is 1.84 bits per heavy atom. The molecule has 3 heterocycles. The van der Waals surface area contributed by atoms with E-state index in [1.165, 1.54) is 28.9 Å². The van der Waals surface area contributed by atoms with Gasteiger partial charge in [-0.1, -0.05) is 49.4 Å². The molecule has 7 nitrogen and oxygen atoms in total. The average molecular weight is 448 g/mol. The van der Waals surface area contributed by atoms with Gasteiger partial charge in [0.05, 0.1) is 24.1 Å². The number of carbonyl (C=O) groups excluding carboxylic acids is 1. The fourth-order valence-electron chi connectivity index (χ4n) is 4.04. The molecule has 5 rings (SSSR count). The molecule has 1 amide bonds. The van der Waals surface area contributed by atoms with Gasteiger partial charge < -0.3 is 9.15 Å². The van der Waals surface area contributed by atoms with Gasteiger partial charge in [-0.3, -0.25) is 14.5 Å². The lowest BCUT2D eigenvalue weighted by Gasteiger charge is -2.22. The number of rotatable bonds is 4. The van der Waals surface area contributed by atoms with E-state index < -0.39 is 11.9 Å². The standard InChI is InChI=1S/C24H21N3O4S/c1-12(2)14-5-7-15(8-6-14)20-19-21(28)17-10-9-16(30-4)11-18(17)31-22(19)23(29)27(20)24-26-25-13(3)32-24/h5-12,20H,1-4H3/t20-/m1/s1. The minimum Gasteiger partial charge on any atom is -0.497 e. The quantitative estimate of drug-likeness (QED) is 0.445. The molecule has 0 radical (unpaired) electrons.